The van der Waals surface area contributed by atoms with Gasteiger partial charge in [-0.1, -0.05) is 49.4 Å². The molecule has 0 aromatic heterocycles. The monoisotopic (exact) mass is 344 g/mol. The third-order valence-corrected chi connectivity index (χ3v) is 4.08. The SMILES string of the molecule is CCc1ccc(NC(=O)c2ccccc2NC(=O)c2ccccc2)cc1. The lowest BCUT2D eigenvalue weighted by atomic mass is 10.1. The minimum atomic E-state index is -0.266. The largest absolute Gasteiger partial charge is 0.322 e. The zero-order valence-corrected chi connectivity index (χ0v) is 14.5. The molecule has 0 aliphatic rings. The molecule has 0 fully saturated rings. The van der Waals surface area contributed by atoms with Gasteiger partial charge < -0.3 is 10.6 Å². The molecule has 0 saturated heterocycles. The van der Waals surface area contributed by atoms with Crippen molar-refractivity contribution < 1.29 is 9.59 Å². The predicted octanol–water partition coefficient (Wildman–Crippen LogP) is 4.75. The van der Waals surface area contributed by atoms with Crippen molar-refractivity contribution in [2.24, 2.45) is 0 Å². The summed E-state index contributed by atoms with van der Waals surface area (Å²) in [5, 5.41) is 5.68. The predicted molar refractivity (Wildman–Crippen MR) is 105 cm³/mol. The third kappa shape index (κ3) is 4.16. The van der Waals surface area contributed by atoms with Crippen molar-refractivity contribution in [2.45, 2.75) is 13.3 Å². The maximum absolute atomic E-state index is 12.6. The molecule has 26 heavy (non-hydrogen) atoms. The number of rotatable bonds is 5. The maximum atomic E-state index is 12.6. The van der Waals surface area contributed by atoms with Gasteiger partial charge in [0.1, 0.15) is 0 Å². The van der Waals surface area contributed by atoms with Gasteiger partial charge in [-0.25, -0.2) is 0 Å². The quantitative estimate of drug-likeness (QED) is 0.701. The van der Waals surface area contributed by atoms with Crippen LogP contribution in [0.4, 0.5) is 11.4 Å². The summed E-state index contributed by atoms with van der Waals surface area (Å²) >= 11 is 0. The smallest absolute Gasteiger partial charge is 0.257 e. The van der Waals surface area contributed by atoms with E-state index in [1.807, 2.05) is 30.3 Å². The molecule has 0 atom stereocenters. The Hall–Kier alpha value is -3.40. The zero-order chi connectivity index (χ0) is 18.4. The molecule has 0 spiro atoms. The molecular formula is C22H20N2O2. The van der Waals surface area contributed by atoms with Gasteiger partial charge >= 0.3 is 0 Å². The van der Waals surface area contributed by atoms with Gasteiger partial charge in [0.2, 0.25) is 0 Å². The normalized spacial score (nSPS) is 10.2. The Balaban J connectivity index is 1.77. The fraction of sp³-hybridized carbons (Fsp3) is 0.0909. The van der Waals surface area contributed by atoms with Crippen LogP contribution in [0.2, 0.25) is 0 Å². The molecule has 0 bridgehead atoms. The summed E-state index contributed by atoms with van der Waals surface area (Å²) in [7, 11) is 0. The van der Waals surface area contributed by atoms with Gasteiger partial charge in [-0.3, -0.25) is 9.59 Å². The summed E-state index contributed by atoms with van der Waals surface area (Å²) in [5.74, 6) is -0.517. The van der Waals surface area contributed by atoms with E-state index in [1.54, 1.807) is 48.5 Å². The van der Waals surface area contributed by atoms with E-state index >= 15 is 0 Å². The molecule has 2 N–H and O–H groups in total. The molecule has 3 rings (SSSR count). The number of benzene rings is 3. The molecule has 0 unspecified atom stereocenters. The lowest BCUT2D eigenvalue weighted by Gasteiger charge is -2.12. The van der Waals surface area contributed by atoms with E-state index in [2.05, 4.69) is 17.6 Å². The molecule has 0 aliphatic heterocycles. The fourth-order valence-corrected chi connectivity index (χ4v) is 2.60. The molecular weight excluding hydrogens is 324 g/mol. The number of amides is 2. The van der Waals surface area contributed by atoms with Crippen molar-refractivity contribution in [3.63, 3.8) is 0 Å². The number of aryl methyl sites for hydroxylation is 1. The molecule has 0 heterocycles. The van der Waals surface area contributed by atoms with Crippen LogP contribution >= 0.6 is 0 Å². The second kappa shape index (κ2) is 8.12. The van der Waals surface area contributed by atoms with Crippen LogP contribution in [0.5, 0.6) is 0 Å². The lowest BCUT2D eigenvalue weighted by Crippen LogP contribution is -2.18. The minimum Gasteiger partial charge on any atom is -0.322 e. The van der Waals surface area contributed by atoms with E-state index in [0.29, 0.717) is 16.8 Å². The van der Waals surface area contributed by atoms with E-state index in [-0.39, 0.29) is 11.8 Å². The van der Waals surface area contributed by atoms with E-state index in [4.69, 9.17) is 0 Å². The molecule has 0 radical (unpaired) electrons. The number of hydrogen-bond donors (Lipinski definition) is 2. The average Bonchev–Trinajstić information content (AvgIpc) is 2.69. The Morgan fingerprint density at radius 3 is 2.08 bits per heavy atom. The van der Waals surface area contributed by atoms with Gasteiger partial charge in [0, 0.05) is 11.3 Å². The summed E-state index contributed by atoms with van der Waals surface area (Å²) in [6, 6.07) is 23.6. The third-order valence-electron chi connectivity index (χ3n) is 4.08. The van der Waals surface area contributed by atoms with E-state index in [0.717, 1.165) is 12.1 Å². The fourth-order valence-electron chi connectivity index (χ4n) is 2.60. The Morgan fingerprint density at radius 2 is 1.38 bits per heavy atom. The summed E-state index contributed by atoms with van der Waals surface area (Å²) in [6.45, 7) is 2.08. The number of para-hydroxylation sites is 1. The first-order valence-corrected chi connectivity index (χ1v) is 8.53. The second-order valence-corrected chi connectivity index (χ2v) is 5.87. The maximum Gasteiger partial charge on any atom is 0.257 e. The zero-order valence-electron chi connectivity index (χ0n) is 14.5. The van der Waals surface area contributed by atoms with E-state index in [1.165, 1.54) is 5.56 Å². The first-order chi connectivity index (χ1) is 12.7. The van der Waals surface area contributed by atoms with Crippen LogP contribution in [-0.4, -0.2) is 11.8 Å². The lowest BCUT2D eigenvalue weighted by molar-refractivity contribution is 0.102. The van der Waals surface area contributed by atoms with Gasteiger partial charge in [-0.2, -0.15) is 0 Å². The van der Waals surface area contributed by atoms with Crippen molar-refractivity contribution in [2.75, 3.05) is 10.6 Å². The van der Waals surface area contributed by atoms with Gasteiger partial charge in [-0.05, 0) is 48.4 Å². The van der Waals surface area contributed by atoms with Crippen molar-refractivity contribution in [3.05, 3.63) is 95.6 Å². The van der Waals surface area contributed by atoms with Gasteiger partial charge in [0.05, 0.1) is 11.3 Å². The Bertz CT molecular complexity index is 903. The van der Waals surface area contributed by atoms with E-state index in [9.17, 15) is 9.59 Å². The topological polar surface area (TPSA) is 58.2 Å². The highest BCUT2D eigenvalue weighted by Gasteiger charge is 2.14. The van der Waals surface area contributed by atoms with Crippen LogP contribution in [-0.2, 0) is 6.42 Å². The Kier molecular flexibility index (Phi) is 5.44. The average molecular weight is 344 g/mol. The number of hydrogen-bond acceptors (Lipinski definition) is 2. The van der Waals surface area contributed by atoms with Gasteiger partial charge in [0.15, 0.2) is 0 Å². The molecule has 3 aromatic carbocycles. The highest BCUT2D eigenvalue weighted by molar-refractivity contribution is 6.12. The van der Waals surface area contributed by atoms with Crippen molar-refractivity contribution in [3.8, 4) is 0 Å². The molecule has 2 amide bonds. The minimum absolute atomic E-state index is 0.252. The number of carbonyl (C=O) groups is 2. The van der Waals surface area contributed by atoms with Crippen molar-refractivity contribution in [1.29, 1.82) is 0 Å². The van der Waals surface area contributed by atoms with Crippen LogP contribution in [0, 0.1) is 0 Å². The Morgan fingerprint density at radius 1 is 0.731 bits per heavy atom. The summed E-state index contributed by atoms with van der Waals surface area (Å²) in [5.41, 5.74) is 3.35. The van der Waals surface area contributed by atoms with Crippen LogP contribution < -0.4 is 10.6 Å². The van der Waals surface area contributed by atoms with E-state index < -0.39 is 0 Å². The summed E-state index contributed by atoms with van der Waals surface area (Å²) in [6.07, 6.45) is 0.947. The molecule has 130 valence electrons. The Labute approximate surface area is 152 Å². The molecule has 0 saturated carbocycles. The summed E-state index contributed by atoms with van der Waals surface area (Å²) < 4.78 is 0. The van der Waals surface area contributed by atoms with Crippen LogP contribution in [0.1, 0.15) is 33.2 Å². The standard InChI is InChI=1S/C22H20N2O2/c1-2-16-12-14-18(15-13-16)23-22(26)19-10-6-7-11-20(19)24-21(25)17-8-4-3-5-9-17/h3-15H,2H2,1H3,(H,23,26)(H,24,25). The first kappa shape index (κ1) is 17.4. The van der Waals surface area contributed by atoms with Crippen molar-refractivity contribution >= 4 is 23.2 Å². The summed E-state index contributed by atoms with van der Waals surface area (Å²) in [4.78, 5) is 25.0. The molecule has 0 aliphatic carbocycles. The van der Waals surface area contributed by atoms with Crippen molar-refractivity contribution in [1.82, 2.24) is 0 Å². The highest BCUT2D eigenvalue weighted by Crippen LogP contribution is 2.19. The van der Waals surface area contributed by atoms with Gasteiger partial charge in [0.25, 0.3) is 11.8 Å². The highest BCUT2D eigenvalue weighted by atomic mass is 16.2. The molecule has 4 heteroatoms. The van der Waals surface area contributed by atoms with Crippen LogP contribution in [0.15, 0.2) is 78.9 Å². The van der Waals surface area contributed by atoms with Crippen LogP contribution in [0.3, 0.4) is 0 Å². The second-order valence-electron chi connectivity index (χ2n) is 5.87. The molecule has 3 aromatic rings. The first-order valence-electron chi connectivity index (χ1n) is 8.53. The van der Waals surface area contributed by atoms with Gasteiger partial charge in [-0.15, -0.1) is 0 Å². The molecule has 4 nitrogen and oxygen atoms in total. The number of carbonyl (C=O) groups excluding carboxylic acids is 2. The van der Waals surface area contributed by atoms with Crippen LogP contribution in [0.25, 0.3) is 0 Å². The number of nitrogens with one attached hydrogen (secondary N) is 2. The number of anilines is 2.